The number of hydrogen-bond acceptors (Lipinski definition) is 6. The van der Waals surface area contributed by atoms with Crippen molar-refractivity contribution in [3.8, 4) is 11.4 Å². The highest BCUT2D eigenvalue weighted by Crippen LogP contribution is 2.23. The van der Waals surface area contributed by atoms with E-state index >= 15 is 0 Å². The van der Waals surface area contributed by atoms with E-state index in [-0.39, 0.29) is 11.7 Å². The van der Waals surface area contributed by atoms with Crippen LogP contribution in [0.3, 0.4) is 0 Å². The minimum Gasteiger partial charge on any atom is -0.383 e. The van der Waals surface area contributed by atoms with Crippen molar-refractivity contribution in [3.63, 3.8) is 0 Å². The molecule has 28 heavy (non-hydrogen) atoms. The maximum atomic E-state index is 12.3. The number of rotatable bonds is 9. The molecular formula is C20H23N5O2S. The molecule has 1 aromatic carbocycles. The number of carbonyl (C=O) groups excluding carboxylic acids is 1. The molecule has 0 saturated carbocycles. The molecular weight excluding hydrogens is 374 g/mol. The monoisotopic (exact) mass is 397 g/mol. The number of pyridine rings is 1. The van der Waals surface area contributed by atoms with Crippen LogP contribution in [0, 0.1) is 6.92 Å². The summed E-state index contributed by atoms with van der Waals surface area (Å²) in [7, 11) is 1.66. The summed E-state index contributed by atoms with van der Waals surface area (Å²) in [6.07, 6.45) is 3.44. The number of aryl methyl sites for hydroxylation is 1. The van der Waals surface area contributed by atoms with E-state index in [2.05, 4.69) is 20.5 Å². The number of nitrogens with zero attached hydrogens (tertiary/aromatic N) is 4. The molecule has 3 aromatic rings. The second-order valence-corrected chi connectivity index (χ2v) is 7.12. The van der Waals surface area contributed by atoms with E-state index in [0.29, 0.717) is 24.9 Å². The maximum absolute atomic E-state index is 12.3. The van der Waals surface area contributed by atoms with Gasteiger partial charge in [-0.2, -0.15) is 0 Å². The predicted octanol–water partition coefficient (Wildman–Crippen LogP) is 2.70. The van der Waals surface area contributed by atoms with Crippen LogP contribution >= 0.6 is 11.8 Å². The van der Waals surface area contributed by atoms with Gasteiger partial charge in [0.15, 0.2) is 11.0 Å². The van der Waals surface area contributed by atoms with Gasteiger partial charge >= 0.3 is 0 Å². The van der Waals surface area contributed by atoms with Crippen LogP contribution in [0.25, 0.3) is 11.4 Å². The van der Waals surface area contributed by atoms with Crippen LogP contribution in [0.2, 0.25) is 0 Å². The Bertz CT molecular complexity index is 914. The fraction of sp³-hybridized carbons (Fsp3) is 0.300. The standard InChI is InChI=1S/C20H23N5O2S/c1-15-5-3-4-6-17(15)13-22-18(26)14-28-20-24-23-19(25(20)11-12-27-2)16-7-9-21-10-8-16/h3-10H,11-14H2,1-2H3,(H,22,26). The molecule has 0 spiro atoms. The molecule has 0 bridgehead atoms. The van der Waals surface area contributed by atoms with Crippen molar-refractivity contribution in [1.82, 2.24) is 25.1 Å². The Balaban J connectivity index is 1.64. The summed E-state index contributed by atoms with van der Waals surface area (Å²) in [5.41, 5.74) is 3.20. The van der Waals surface area contributed by atoms with Crippen LogP contribution in [0.1, 0.15) is 11.1 Å². The average Bonchev–Trinajstić information content (AvgIpc) is 3.13. The zero-order valence-electron chi connectivity index (χ0n) is 16.0. The van der Waals surface area contributed by atoms with E-state index < -0.39 is 0 Å². The Morgan fingerprint density at radius 3 is 2.71 bits per heavy atom. The highest BCUT2D eigenvalue weighted by molar-refractivity contribution is 7.99. The van der Waals surface area contributed by atoms with Crippen molar-refractivity contribution in [2.45, 2.75) is 25.2 Å². The first kappa shape index (κ1) is 20.0. The Kier molecular flexibility index (Phi) is 7.16. The lowest BCUT2D eigenvalue weighted by atomic mass is 10.1. The molecule has 2 aromatic heterocycles. The van der Waals surface area contributed by atoms with Crippen LogP contribution in [-0.2, 0) is 22.6 Å². The van der Waals surface area contributed by atoms with Gasteiger partial charge < -0.3 is 10.1 Å². The Labute approximate surface area is 168 Å². The molecule has 2 heterocycles. The van der Waals surface area contributed by atoms with Gasteiger partial charge in [0.25, 0.3) is 0 Å². The third kappa shape index (κ3) is 5.17. The normalized spacial score (nSPS) is 10.8. The van der Waals surface area contributed by atoms with Crippen molar-refractivity contribution in [1.29, 1.82) is 0 Å². The molecule has 0 radical (unpaired) electrons. The lowest BCUT2D eigenvalue weighted by Gasteiger charge is -2.10. The first-order valence-electron chi connectivity index (χ1n) is 8.95. The fourth-order valence-corrected chi connectivity index (χ4v) is 3.47. The number of methoxy groups -OCH3 is 1. The summed E-state index contributed by atoms with van der Waals surface area (Å²) in [6, 6.07) is 11.8. The van der Waals surface area contributed by atoms with E-state index in [1.165, 1.54) is 11.8 Å². The predicted molar refractivity (Wildman–Crippen MR) is 109 cm³/mol. The van der Waals surface area contributed by atoms with E-state index in [0.717, 1.165) is 22.5 Å². The molecule has 0 aliphatic carbocycles. The molecule has 0 aliphatic heterocycles. The van der Waals surface area contributed by atoms with Gasteiger partial charge in [-0.05, 0) is 30.2 Å². The molecule has 0 unspecified atom stereocenters. The molecule has 1 amide bonds. The average molecular weight is 398 g/mol. The second kappa shape index (κ2) is 10.0. The highest BCUT2D eigenvalue weighted by atomic mass is 32.2. The molecule has 0 aliphatic rings. The summed E-state index contributed by atoms with van der Waals surface area (Å²) in [5.74, 6) is 0.968. The third-order valence-corrected chi connectivity index (χ3v) is 5.21. The van der Waals surface area contributed by atoms with Crippen molar-refractivity contribution in [2.75, 3.05) is 19.5 Å². The second-order valence-electron chi connectivity index (χ2n) is 6.18. The van der Waals surface area contributed by atoms with Gasteiger partial charge in [0, 0.05) is 31.6 Å². The smallest absolute Gasteiger partial charge is 0.230 e. The van der Waals surface area contributed by atoms with Gasteiger partial charge in [-0.1, -0.05) is 36.0 Å². The number of aromatic nitrogens is 4. The molecule has 0 saturated heterocycles. The first-order valence-corrected chi connectivity index (χ1v) is 9.94. The SMILES string of the molecule is COCCn1c(SCC(=O)NCc2ccccc2C)nnc1-c1ccncc1. The van der Waals surface area contributed by atoms with Gasteiger partial charge in [0.2, 0.25) is 5.91 Å². The highest BCUT2D eigenvalue weighted by Gasteiger charge is 2.15. The molecule has 146 valence electrons. The molecule has 3 rings (SSSR count). The quantitative estimate of drug-likeness (QED) is 0.559. The van der Waals surface area contributed by atoms with E-state index in [4.69, 9.17) is 4.74 Å². The zero-order valence-corrected chi connectivity index (χ0v) is 16.8. The maximum Gasteiger partial charge on any atom is 0.230 e. The first-order chi connectivity index (χ1) is 13.7. The number of carbonyl (C=O) groups is 1. The van der Waals surface area contributed by atoms with E-state index in [1.54, 1.807) is 19.5 Å². The fourth-order valence-electron chi connectivity index (χ4n) is 2.68. The lowest BCUT2D eigenvalue weighted by molar-refractivity contribution is -0.118. The van der Waals surface area contributed by atoms with Crippen LogP contribution in [0.15, 0.2) is 53.9 Å². The van der Waals surface area contributed by atoms with Gasteiger partial charge in [-0.3, -0.25) is 14.3 Å². The van der Waals surface area contributed by atoms with E-state index in [9.17, 15) is 4.79 Å². The number of hydrogen-bond donors (Lipinski definition) is 1. The largest absolute Gasteiger partial charge is 0.383 e. The van der Waals surface area contributed by atoms with Gasteiger partial charge in [-0.25, -0.2) is 0 Å². The number of benzene rings is 1. The van der Waals surface area contributed by atoms with Crippen LogP contribution in [0.5, 0.6) is 0 Å². The number of nitrogens with one attached hydrogen (secondary N) is 1. The number of ether oxygens (including phenoxy) is 1. The van der Waals surface area contributed by atoms with Crippen molar-refractivity contribution in [3.05, 3.63) is 59.9 Å². The summed E-state index contributed by atoms with van der Waals surface area (Å²) in [4.78, 5) is 16.3. The molecule has 8 heteroatoms. The summed E-state index contributed by atoms with van der Waals surface area (Å²) < 4.78 is 7.18. The summed E-state index contributed by atoms with van der Waals surface area (Å²) in [5, 5.41) is 12.2. The summed E-state index contributed by atoms with van der Waals surface area (Å²) in [6.45, 7) is 3.69. The van der Waals surface area contributed by atoms with Gasteiger partial charge in [-0.15, -0.1) is 10.2 Å². The van der Waals surface area contributed by atoms with Crippen LogP contribution < -0.4 is 5.32 Å². The van der Waals surface area contributed by atoms with Crippen molar-refractivity contribution < 1.29 is 9.53 Å². The van der Waals surface area contributed by atoms with Crippen LogP contribution in [-0.4, -0.2) is 45.1 Å². The number of thioether (sulfide) groups is 1. The molecule has 0 atom stereocenters. The minimum atomic E-state index is -0.0417. The third-order valence-electron chi connectivity index (χ3n) is 4.24. The van der Waals surface area contributed by atoms with Crippen molar-refractivity contribution in [2.24, 2.45) is 0 Å². The lowest BCUT2D eigenvalue weighted by Crippen LogP contribution is -2.25. The molecule has 0 fully saturated rings. The van der Waals surface area contributed by atoms with E-state index in [1.807, 2.05) is 47.9 Å². The summed E-state index contributed by atoms with van der Waals surface area (Å²) >= 11 is 1.37. The van der Waals surface area contributed by atoms with Gasteiger partial charge in [0.05, 0.1) is 18.9 Å². The molecule has 7 nitrogen and oxygen atoms in total. The minimum absolute atomic E-state index is 0.0417. The Morgan fingerprint density at radius 2 is 1.96 bits per heavy atom. The molecule has 1 N–H and O–H groups in total. The Morgan fingerprint density at radius 1 is 1.18 bits per heavy atom. The zero-order chi connectivity index (χ0) is 19.8. The topological polar surface area (TPSA) is 81.9 Å². The number of amides is 1. The van der Waals surface area contributed by atoms with Gasteiger partial charge in [0.1, 0.15) is 0 Å². The Hall–Kier alpha value is -2.71. The van der Waals surface area contributed by atoms with Crippen molar-refractivity contribution >= 4 is 17.7 Å². The van der Waals surface area contributed by atoms with Crippen LogP contribution in [0.4, 0.5) is 0 Å².